The molecule has 0 atom stereocenters. The molecule has 0 spiro atoms. The van der Waals surface area contributed by atoms with E-state index in [-0.39, 0.29) is 5.56 Å². The number of aromatic nitrogens is 4. The lowest BCUT2D eigenvalue weighted by atomic mass is 10.1. The Morgan fingerprint density at radius 1 is 0.933 bits per heavy atom. The van der Waals surface area contributed by atoms with Crippen molar-refractivity contribution in [3.8, 4) is 5.69 Å². The van der Waals surface area contributed by atoms with Gasteiger partial charge in [-0.3, -0.25) is 9.36 Å². The Balaban J connectivity index is 1.64. The minimum absolute atomic E-state index is 0.0493. The van der Waals surface area contributed by atoms with Gasteiger partial charge in [0.2, 0.25) is 0 Å². The van der Waals surface area contributed by atoms with Crippen LogP contribution in [0.5, 0.6) is 0 Å². The first-order valence-corrected chi connectivity index (χ1v) is 10.7. The van der Waals surface area contributed by atoms with Gasteiger partial charge in [-0.25, -0.2) is 9.97 Å². The van der Waals surface area contributed by atoms with Crippen LogP contribution in [0.3, 0.4) is 0 Å². The number of imidazole rings is 1. The zero-order valence-electron chi connectivity index (χ0n) is 16.7. The molecule has 0 saturated carbocycles. The molecule has 5 aromatic rings. The van der Waals surface area contributed by atoms with E-state index in [0.29, 0.717) is 21.8 Å². The van der Waals surface area contributed by atoms with E-state index in [1.807, 2.05) is 78.3 Å². The van der Waals surface area contributed by atoms with E-state index >= 15 is 0 Å². The Kier molecular flexibility index (Phi) is 4.64. The van der Waals surface area contributed by atoms with Gasteiger partial charge in [-0.15, -0.1) is 0 Å². The van der Waals surface area contributed by atoms with E-state index in [9.17, 15) is 4.79 Å². The number of hydrogen-bond donors (Lipinski definition) is 0. The second-order valence-corrected chi connectivity index (χ2v) is 8.20. The van der Waals surface area contributed by atoms with E-state index in [4.69, 9.17) is 4.98 Å². The van der Waals surface area contributed by atoms with Crippen molar-refractivity contribution in [2.45, 2.75) is 24.8 Å². The molecule has 0 radical (unpaired) electrons. The van der Waals surface area contributed by atoms with Crippen LogP contribution < -0.4 is 5.56 Å². The molecule has 0 saturated heterocycles. The summed E-state index contributed by atoms with van der Waals surface area (Å²) in [7, 11) is 0. The maximum atomic E-state index is 13.5. The minimum atomic E-state index is -0.0493. The SMILES string of the molecule is Cc1cccc(-n2c(SCc3cn4ccccc4n3)nc3ccccc3c2=O)c1C. The van der Waals surface area contributed by atoms with E-state index < -0.39 is 0 Å². The zero-order chi connectivity index (χ0) is 20.7. The van der Waals surface area contributed by atoms with Gasteiger partial charge in [-0.2, -0.15) is 0 Å². The van der Waals surface area contributed by atoms with Gasteiger partial charge in [0, 0.05) is 18.1 Å². The molecule has 0 aliphatic rings. The van der Waals surface area contributed by atoms with Crippen molar-refractivity contribution in [3.05, 3.63) is 100 Å². The maximum absolute atomic E-state index is 13.5. The predicted octanol–water partition coefficient (Wildman–Crippen LogP) is 4.94. The van der Waals surface area contributed by atoms with Crippen molar-refractivity contribution >= 4 is 28.3 Å². The van der Waals surface area contributed by atoms with Crippen LogP contribution in [0.4, 0.5) is 0 Å². The van der Waals surface area contributed by atoms with Crippen LogP contribution in [0.2, 0.25) is 0 Å². The Hall–Kier alpha value is -3.38. The second-order valence-electron chi connectivity index (χ2n) is 7.26. The Bertz CT molecular complexity index is 1420. The van der Waals surface area contributed by atoms with Gasteiger partial charge in [0.05, 0.1) is 22.3 Å². The van der Waals surface area contributed by atoms with E-state index in [2.05, 4.69) is 18.0 Å². The van der Waals surface area contributed by atoms with Gasteiger partial charge >= 0.3 is 0 Å². The molecule has 6 heteroatoms. The molecule has 0 aliphatic heterocycles. The second kappa shape index (κ2) is 7.46. The highest BCUT2D eigenvalue weighted by molar-refractivity contribution is 7.98. The average Bonchev–Trinajstić information content (AvgIpc) is 3.18. The zero-order valence-corrected chi connectivity index (χ0v) is 17.6. The van der Waals surface area contributed by atoms with Crippen molar-refractivity contribution in [1.29, 1.82) is 0 Å². The summed E-state index contributed by atoms with van der Waals surface area (Å²) in [5, 5.41) is 1.29. The summed E-state index contributed by atoms with van der Waals surface area (Å²) in [5.74, 6) is 0.622. The predicted molar refractivity (Wildman–Crippen MR) is 122 cm³/mol. The third kappa shape index (κ3) is 3.19. The third-order valence-corrected chi connectivity index (χ3v) is 6.30. The quantitative estimate of drug-likeness (QED) is 0.310. The van der Waals surface area contributed by atoms with Gasteiger partial charge in [0.15, 0.2) is 5.16 Å². The number of rotatable bonds is 4. The normalized spacial score (nSPS) is 11.4. The molecule has 148 valence electrons. The number of aryl methyl sites for hydroxylation is 1. The number of nitrogens with zero attached hydrogens (tertiary/aromatic N) is 4. The monoisotopic (exact) mass is 412 g/mol. The molecule has 3 heterocycles. The Labute approximate surface area is 178 Å². The van der Waals surface area contributed by atoms with Gasteiger partial charge in [0.25, 0.3) is 5.56 Å². The summed E-state index contributed by atoms with van der Waals surface area (Å²) in [4.78, 5) is 23.0. The molecule has 0 aliphatic carbocycles. The first kappa shape index (κ1) is 18.6. The van der Waals surface area contributed by atoms with Gasteiger partial charge in [-0.05, 0) is 55.3 Å². The lowest BCUT2D eigenvalue weighted by Gasteiger charge is -2.16. The number of fused-ring (bicyclic) bond motifs is 2. The minimum Gasteiger partial charge on any atom is -0.307 e. The summed E-state index contributed by atoms with van der Waals surface area (Å²) in [5.41, 5.74) is 5.60. The van der Waals surface area contributed by atoms with Gasteiger partial charge in [-0.1, -0.05) is 42.1 Å². The summed E-state index contributed by atoms with van der Waals surface area (Å²) >= 11 is 1.53. The topological polar surface area (TPSA) is 52.2 Å². The highest BCUT2D eigenvalue weighted by atomic mass is 32.2. The van der Waals surface area contributed by atoms with Crippen molar-refractivity contribution in [1.82, 2.24) is 18.9 Å². The summed E-state index contributed by atoms with van der Waals surface area (Å²) in [6, 6.07) is 19.5. The van der Waals surface area contributed by atoms with Crippen molar-refractivity contribution in [3.63, 3.8) is 0 Å². The first-order valence-electron chi connectivity index (χ1n) is 9.75. The molecule has 2 aromatic carbocycles. The molecule has 3 aromatic heterocycles. The molecule has 0 bridgehead atoms. The molecule has 30 heavy (non-hydrogen) atoms. The molecule has 0 unspecified atom stereocenters. The summed E-state index contributed by atoms with van der Waals surface area (Å²) in [6.45, 7) is 4.10. The van der Waals surface area contributed by atoms with Crippen LogP contribution in [-0.2, 0) is 5.75 Å². The summed E-state index contributed by atoms with van der Waals surface area (Å²) < 4.78 is 3.74. The highest BCUT2D eigenvalue weighted by Gasteiger charge is 2.16. The van der Waals surface area contributed by atoms with Crippen LogP contribution in [-0.4, -0.2) is 18.9 Å². The number of thioether (sulfide) groups is 1. The fraction of sp³-hybridized carbons (Fsp3) is 0.125. The van der Waals surface area contributed by atoms with Crippen molar-refractivity contribution < 1.29 is 0 Å². The van der Waals surface area contributed by atoms with Crippen LogP contribution in [0.15, 0.2) is 83.0 Å². The lowest BCUT2D eigenvalue weighted by Crippen LogP contribution is -2.22. The molecular formula is C24H20N4OS. The van der Waals surface area contributed by atoms with Crippen LogP contribution >= 0.6 is 11.8 Å². The Morgan fingerprint density at radius 2 is 1.77 bits per heavy atom. The third-order valence-electron chi connectivity index (χ3n) is 5.32. The number of hydrogen-bond acceptors (Lipinski definition) is 4. The molecule has 5 nitrogen and oxygen atoms in total. The number of pyridine rings is 1. The standard InChI is InChI=1S/C24H20N4OS/c1-16-8-7-11-21(17(16)2)28-23(29)19-9-3-4-10-20(19)26-24(28)30-15-18-14-27-13-6-5-12-22(27)25-18/h3-14H,15H2,1-2H3. The molecule has 5 rings (SSSR count). The van der Waals surface area contributed by atoms with Crippen molar-refractivity contribution in [2.24, 2.45) is 0 Å². The number of benzene rings is 2. The smallest absolute Gasteiger partial charge is 0.266 e. The average molecular weight is 413 g/mol. The first-order chi connectivity index (χ1) is 14.6. The van der Waals surface area contributed by atoms with E-state index in [1.54, 1.807) is 4.57 Å². The highest BCUT2D eigenvalue weighted by Crippen LogP contribution is 2.26. The van der Waals surface area contributed by atoms with E-state index in [0.717, 1.165) is 28.2 Å². The largest absolute Gasteiger partial charge is 0.307 e. The van der Waals surface area contributed by atoms with Crippen LogP contribution in [0.25, 0.3) is 22.2 Å². The lowest BCUT2D eigenvalue weighted by molar-refractivity contribution is 0.812. The molecule has 0 fully saturated rings. The van der Waals surface area contributed by atoms with Crippen LogP contribution in [0.1, 0.15) is 16.8 Å². The number of para-hydroxylation sites is 1. The summed E-state index contributed by atoms with van der Waals surface area (Å²) in [6.07, 6.45) is 4.00. The molecular weight excluding hydrogens is 392 g/mol. The maximum Gasteiger partial charge on any atom is 0.266 e. The van der Waals surface area contributed by atoms with Crippen LogP contribution in [0, 0.1) is 13.8 Å². The fourth-order valence-electron chi connectivity index (χ4n) is 3.59. The fourth-order valence-corrected chi connectivity index (χ4v) is 4.48. The molecule has 0 amide bonds. The van der Waals surface area contributed by atoms with Gasteiger partial charge in [0.1, 0.15) is 5.65 Å². The Morgan fingerprint density at radius 3 is 2.63 bits per heavy atom. The van der Waals surface area contributed by atoms with E-state index in [1.165, 1.54) is 11.8 Å². The van der Waals surface area contributed by atoms with Crippen molar-refractivity contribution in [2.75, 3.05) is 0 Å². The van der Waals surface area contributed by atoms with Gasteiger partial charge < -0.3 is 4.40 Å². The molecule has 0 N–H and O–H groups in total.